The van der Waals surface area contributed by atoms with Crippen LogP contribution in [0.1, 0.15) is 58.2 Å². The van der Waals surface area contributed by atoms with Gasteiger partial charge in [0.15, 0.2) is 0 Å². The average molecular weight is 456 g/mol. The van der Waals surface area contributed by atoms with E-state index in [9.17, 15) is 4.79 Å². The van der Waals surface area contributed by atoms with Crippen molar-refractivity contribution in [2.45, 2.75) is 38.6 Å². The first-order chi connectivity index (χ1) is 14.6. The van der Waals surface area contributed by atoms with Gasteiger partial charge in [-0.1, -0.05) is 24.4 Å². The molecule has 0 aliphatic heterocycles. The van der Waals surface area contributed by atoms with E-state index in [4.69, 9.17) is 0 Å². The van der Waals surface area contributed by atoms with Crippen LogP contribution in [0.4, 0.5) is 5.69 Å². The minimum atomic E-state index is -0.154. The molecule has 1 amide bonds. The second-order valence-electron chi connectivity index (χ2n) is 7.51. The molecule has 0 spiro atoms. The molecule has 0 bridgehead atoms. The van der Waals surface area contributed by atoms with Crippen LogP contribution in [0.2, 0.25) is 0 Å². The molecule has 5 nitrogen and oxygen atoms in total. The number of aromatic nitrogens is 1. The predicted octanol–water partition coefficient (Wildman–Crippen LogP) is 1.83. The smallest absolute Gasteiger partial charge is 0.560 e. The Morgan fingerprint density at radius 2 is 2.16 bits per heavy atom. The molecule has 3 aromatic rings. The number of anilines is 1. The largest absolute Gasteiger partial charge is 1.00 e. The summed E-state index contributed by atoms with van der Waals surface area (Å²) in [6, 6.07) is 13.7. The minimum Gasteiger partial charge on any atom is -0.560 e. The van der Waals surface area contributed by atoms with Crippen molar-refractivity contribution < 1.29 is 56.2 Å². The van der Waals surface area contributed by atoms with Crippen LogP contribution in [0.15, 0.2) is 65.2 Å². The van der Waals surface area contributed by atoms with Crippen LogP contribution in [-0.2, 0) is 0 Å². The summed E-state index contributed by atoms with van der Waals surface area (Å²) in [5.74, 6) is 0.430. The quantitative estimate of drug-likeness (QED) is 0.325. The van der Waals surface area contributed by atoms with Crippen molar-refractivity contribution in [2.75, 3.05) is 5.32 Å². The second kappa shape index (κ2) is 11.4. The van der Waals surface area contributed by atoms with Gasteiger partial charge in [-0.05, 0) is 55.0 Å². The normalized spacial score (nSPS) is 14.8. The molecule has 1 aliphatic rings. The fourth-order valence-corrected chi connectivity index (χ4v) is 3.72. The van der Waals surface area contributed by atoms with Gasteiger partial charge in [0.25, 0.3) is 5.91 Å². The van der Waals surface area contributed by atoms with Crippen LogP contribution in [0.3, 0.4) is 0 Å². The van der Waals surface area contributed by atoms with Crippen molar-refractivity contribution in [2.24, 2.45) is 4.99 Å². The van der Waals surface area contributed by atoms with Gasteiger partial charge < -0.3 is 21.8 Å². The number of nitrogens with zero attached hydrogens (tertiary/aromatic N) is 2. The maximum atomic E-state index is 12.5. The summed E-state index contributed by atoms with van der Waals surface area (Å²) in [6.45, 7) is 4.10. The molecule has 0 saturated heterocycles. The number of benzene rings is 1. The van der Waals surface area contributed by atoms with E-state index in [1.165, 1.54) is 17.7 Å². The second-order valence-corrected chi connectivity index (χ2v) is 8.63. The molecule has 2 heterocycles. The first-order valence-corrected chi connectivity index (χ1v) is 10.9. The van der Waals surface area contributed by atoms with E-state index in [1.807, 2.05) is 54.8 Å². The number of hydrogen-bond donors (Lipinski definition) is 2. The number of pyridine rings is 1. The van der Waals surface area contributed by atoms with Crippen LogP contribution in [0.25, 0.3) is 0 Å². The summed E-state index contributed by atoms with van der Waals surface area (Å²) in [7, 11) is 0. The van der Waals surface area contributed by atoms with Gasteiger partial charge in [0.2, 0.25) is 0 Å². The molecule has 1 saturated carbocycles. The Kier molecular flexibility index (Phi) is 8.89. The zero-order valence-corrected chi connectivity index (χ0v) is 22.0. The van der Waals surface area contributed by atoms with Crippen LogP contribution in [0, 0.1) is 13.1 Å². The molecule has 4 rings (SSSR count). The molecular weight excluding hydrogens is 431 g/mol. The van der Waals surface area contributed by atoms with Crippen LogP contribution < -0.4 is 67.4 Å². The molecule has 1 fully saturated rings. The Morgan fingerprint density at radius 1 is 1.32 bits per heavy atom. The summed E-state index contributed by atoms with van der Waals surface area (Å²) in [5, 5.41) is 9.09. The van der Waals surface area contributed by atoms with Gasteiger partial charge in [0.05, 0.1) is 5.56 Å². The molecule has 154 valence electrons. The van der Waals surface area contributed by atoms with E-state index in [0.29, 0.717) is 11.5 Å². The Balaban J connectivity index is 0.00000272. The number of amides is 1. The Labute approximate surface area is 229 Å². The first kappa shape index (κ1) is 24.2. The van der Waals surface area contributed by atoms with E-state index in [1.54, 1.807) is 23.7 Å². The van der Waals surface area contributed by atoms with Crippen molar-refractivity contribution in [1.82, 2.24) is 10.3 Å². The standard InChI is InChI=1S/C24H24N4OS.K/c1-16-12-22(15-30-16)26-11-10-25-17(2)19-4-3-5-21(13-19)28-24(29)20-8-9-23(27-14-20)18-6-7-18;/h3-5,8-9,11-15,17-18,25H,6-7H2,1-2H3,(H,28,29);/q-2;+1. The predicted molar refractivity (Wildman–Crippen MR) is 120 cm³/mol. The van der Waals surface area contributed by atoms with E-state index >= 15 is 0 Å². The zero-order valence-electron chi connectivity index (χ0n) is 18.1. The monoisotopic (exact) mass is 455 g/mol. The molecule has 31 heavy (non-hydrogen) atoms. The van der Waals surface area contributed by atoms with E-state index in [2.05, 4.69) is 33.7 Å². The Hall–Kier alpha value is -1.48. The number of nitrogens with one attached hydrogen (secondary N) is 2. The van der Waals surface area contributed by atoms with Gasteiger partial charge in [-0.3, -0.25) is 21.1 Å². The third kappa shape index (κ3) is 7.00. The van der Waals surface area contributed by atoms with Crippen LogP contribution in [-0.4, -0.2) is 10.9 Å². The maximum Gasteiger partial charge on any atom is 1.00 e. The summed E-state index contributed by atoms with van der Waals surface area (Å²) in [6.07, 6.45) is 8.72. The fraction of sp³-hybridized carbons (Fsp3) is 0.250. The topological polar surface area (TPSA) is 66.4 Å². The summed E-state index contributed by atoms with van der Waals surface area (Å²) in [4.78, 5) is 22.6. The molecule has 1 aromatic carbocycles. The molecule has 1 atom stereocenters. The number of thiophene rings is 1. The van der Waals surface area contributed by atoms with Gasteiger partial charge in [-0.25, -0.2) is 0 Å². The minimum absolute atomic E-state index is 0. The summed E-state index contributed by atoms with van der Waals surface area (Å²) in [5.41, 5.74) is 3.44. The maximum absolute atomic E-state index is 12.5. The van der Waals surface area contributed by atoms with Gasteiger partial charge in [-0.2, -0.15) is 6.07 Å². The SMILES string of the molecule is Cc1cc(=NC=[C-]NC(C)c2cccc(NC(=O)c3ccc(C4CC4)nc3)c2)[cH-]s1.[K+]. The summed E-state index contributed by atoms with van der Waals surface area (Å²) < 4.78 is 0. The van der Waals surface area contributed by atoms with Crippen molar-refractivity contribution in [3.63, 3.8) is 0 Å². The number of carbonyl (C=O) groups excluding carboxylic acids is 1. The van der Waals surface area contributed by atoms with E-state index in [0.717, 1.165) is 22.3 Å². The van der Waals surface area contributed by atoms with Gasteiger partial charge in [-0.15, -0.1) is 11.1 Å². The molecule has 2 N–H and O–H groups in total. The number of rotatable bonds is 7. The van der Waals surface area contributed by atoms with Gasteiger partial charge >= 0.3 is 51.4 Å². The Morgan fingerprint density at radius 3 is 2.84 bits per heavy atom. The molecule has 1 aliphatic carbocycles. The van der Waals surface area contributed by atoms with Gasteiger partial charge in [0, 0.05) is 29.5 Å². The molecule has 2 aromatic heterocycles. The van der Waals surface area contributed by atoms with Crippen molar-refractivity contribution in [1.29, 1.82) is 0 Å². The molecule has 7 heteroatoms. The average Bonchev–Trinajstić information content (AvgIpc) is 3.53. The van der Waals surface area contributed by atoms with Crippen molar-refractivity contribution in [3.05, 3.63) is 93.5 Å². The molecule has 1 unspecified atom stereocenters. The number of hydrogen-bond acceptors (Lipinski definition) is 5. The third-order valence-electron chi connectivity index (χ3n) is 4.98. The zero-order chi connectivity index (χ0) is 20.9. The molecule has 0 radical (unpaired) electrons. The first-order valence-electron chi connectivity index (χ1n) is 10.0. The summed E-state index contributed by atoms with van der Waals surface area (Å²) >= 11 is 1.67. The van der Waals surface area contributed by atoms with E-state index < -0.39 is 0 Å². The number of aryl methyl sites for hydroxylation is 1. The molecular formula is C24H24KN4OS-. The van der Waals surface area contributed by atoms with E-state index in [-0.39, 0.29) is 63.3 Å². The van der Waals surface area contributed by atoms with Crippen molar-refractivity contribution in [3.8, 4) is 0 Å². The van der Waals surface area contributed by atoms with Crippen molar-refractivity contribution >= 4 is 22.9 Å². The van der Waals surface area contributed by atoms with Gasteiger partial charge in [0.1, 0.15) is 0 Å². The van der Waals surface area contributed by atoms with Crippen LogP contribution in [0.5, 0.6) is 0 Å². The fourth-order valence-electron chi connectivity index (χ4n) is 3.10. The Bertz CT molecular complexity index is 1110. The number of carbonyl (C=O) groups is 1. The van der Waals surface area contributed by atoms with Crippen LogP contribution >= 0.6 is 11.3 Å². The third-order valence-corrected chi connectivity index (χ3v) is 5.83.